The first-order valence-corrected chi connectivity index (χ1v) is 7.41. The molecule has 0 unspecified atom stereocenters. The zero-order valence-corrected chi connectivity index (χ0v) is 12.2. The Bertz CT molecular complexity index is 868. The molecule has 3 aromatic rings. The van der Waals surface area contributed by atoms with Gasteiger partial charge in [0.05, 0.1) is 5.69 Å². The highest BCUT2D eigenvalue weighted by Crippen LogP contribution is 2.39. The molecule has 23 heavy (non-hydrogen) atoms. The highest BCUT2D eigenvalue weighted by Gasteiger charge is 2.28. The van der Waals surface area contributed by atoms with Gasteiger partial charge in [-0.05, 0) is 49.2 Å². The monoisotopic (exact) mass is 309 g/mol. The predicted octanol–water partition coefficient (Wildman–Crippen LogP) is 2.96. The molecule has 2 heterocycles. The Morgan fingerprint density at radius 3 is 2.48 bits per heavy atom. The van der Waals surface area contributed by atoms with Crippen LogP contribution in [0.2, 0.25) is 0 Å². The van der Waals surface area contributed by atoms with Crippen molar-refractivity contribution in [3.8, 4) is 5.75 Å². The summed E-state index contributed by atoms with van der Waals surface area (Å²) >= 11 is 0. The van der Waals surface area contributed by atoms with Crippen molar-refractivity contribution in [3.05, 3.63) is 48.4 Å². The quantitative estimate of drug-likeness (QED) is 0.649. The fraction of sp³-hybridized carbons (Fsp3) is 0.188. The third-order valence-corrected chi connectivity index (χ3v) is 3.75. The first kappa shape index (κ1) is 13.6. The number of urea groups is 1. The van der Waals surface area contributed by atoms with Crippen molar-refractivity contribution in [2.24, 2.45) is 0 Å². The summed E-state index contributed by atoms with van der Waals surface area (Å²) in [5, 5.41) is 23.1. The summed E-state index contributed by atoms with van der Waals surface area (Å²) in [6, 6.07) is 9.55. The van der Waals surface area contributed by atoms with E-state index in [-0.39, 0.29) is 11.8 Å². The number of carbonyl (C=O) groups is 1. The molecule has 0 aliphatic heterocycles. The number of carbonyl (C=O) groups excluding carboxylic acids is 1. The van der Waals surface area contributed by atoms with E-state index in [2.05, 4.69) is 20.8 Å². The molecular weight excluding hydrogens is 294 g/mol. The van der Waals surface area contributed by atoms with Gasteiger partial charge in [-0.2, -0.15) is 0 Å². The van der Waals surface area contributed by atoms with Gasteiger partial charge >= 0.3 is 6.03 Å². The van der Waals surface area contributed by atoms with E-state index in [1.807, 2.05) is 16.7 Å². The van der Waals surface area contributed by atoms with E-state index < -0.39 is 0 Å². The van der Waals surface area contributed by atoms with E-state index in [1.54, 1.807) is 18.2 Å². The van der Waals surface area contributed by atoms with Crippen LogP contribution in [0.15, 0.2) is 42.6 Å². The van der Waals surface area contributed by atoms with Crippen LogP contribution in [0.25, 0.3) is 5.65 Å². The molecule has 2 aromatic heterocycles. The molecule has 1 fully saturated rings. The second-order valence-electron chi connectivity index (χ2n) is 5.60. The van der Waals surface area contributed by atoms with Crippen LogP contribution in [0.4, 0.5) is 16.2 Å². The lowest BCUT2D eigenvalue weighted by molar-refractivity contribution is 0.262. The van der Waals surface area contributed by atoms with Crippen LogP contribution in [-0.4, -0.2) is 25.7 Å². The van der Waals surface area contributed by atoms with Crippen LogP contribution >= 0.6 is 0 Å². The molecule has 1 aliphatic carbocycles. The molecule has 2 amide bonds. The van der Waals surface area contributed by atoms with Gasteiger partial charge in [-0.3, -0.25) is 4.40 Å². The second-order valence-corrected chi connectivity index (χ2v) is 5.60. The van der Waals surface area contributed by atoms with Gasteiger partial charge in [0, 0.05) is 17.8 Å². The smallest absolute Gasteiger partial charge is 0.323 e. The standard InChI is InChI=1S/C16H15N5O2/c22-13-6-3-11(4-7-13)17-16(23)18-12-5-8-14-19-20-15(10-1-2-10)21(14)9-12/h3-10,22H,1-2H2,(H2,17,18,23). The van der Waals surface area contributed by atoms with E-state index in [0.717, 1.165) is 24.3 Å². The average Bonchev–Trinajstić information content (AvgIpc) is 3.29. The molecule has 0 bridgehead atoms. The topological polar surface area (TPSA) is 91.5 Å². The van der Waals surface area contributed by atoms with Gasteiger partial charge in [-0.15, -0.1) is 10.2 Å². The summed E-state index contributed by atoms with van der Waals surface area (Å²) in [6.07, 6.45) is 4.11. The van der Waals surface area contributed by atoms with E-state index >= 15 is 0 Å². The van der Waals surface area contributed by atoms with Crippen LogP contribution in [0.1, 0.15) is 24.6 Å². The maximum Gasteiger partial charge on any atom is 0.323 e. The van der Waals surface area contributed by atoms with Crippen LogP contribution in [0, 0.1) is 0 Å². The number of rotatable bonds is 3. The SMILES string of the molecule is O=C(Nc1ccc(O)cc1)Nc1ccc2nnc(C3CC3)n2c1. The largest absolute Gasteiger partial charge is 0.508 e. The zero-order valence-electron chi connectivity index (χ0n) is 12.2. The minimum Gasteiger partial charge on any atom is -0.508 e. The minimum atomic E-state index is -0.351. The lowest BCUT2D eigenvalue weighted by Gasteiger charge is -2.08. The van der Waals surface area contributed by atoms with Crippen LogP contribution in [0.3, 0.4) is 0 Å². The number of pyridine rings is 1. The molecule has 0 spiro atoms. The number of hydrogen-bond acceptors (Lipinski definition) is 4. The second kappa shape index (κ2) is 5.28. The van der Waals surface area contributed by atoms with E-state index in [0.29, 0.717) is 17.3 Å². The summed E-state index contributed by atoms with van der Waals surface area (Å²) in [5.74, 6) is 1.58. The molecule has 1 aliphatic rings. The van der Waals surface area contributed by atoms with Gasteiger partial charge in [-0.1, -0.05) is 0 Å². The molecule has 7 nitrogen and oxygen atoms in total. The molecule has 4 rings (SSSR count). The molecule has 0 saturated heterocycles. The van der Waals surface area contributed by atoms with Crippen molar-refractivity contribution in [2.45, 2.75) is 18.8 Å². The Kier molecular flexibility index (Phi) is 3.11. The molecule has 0 radical (unpaired) electrons. The molecule has 1 saturated carbocycles. The Morgan fingerprint density at radius 2 is 1.74 bits per heavy atom. The van der Waals surface area contributed by atoms with Gasteiger partial charge < -0.3 is 15.7 Å². The third kappa shape index (κ3) is 2.80. The van der Waals surface area contributed by atoms with Crippen molar-refractivity contribution in [3.63, 3.8) is 0 Å². The van der Waals surface area contributed by atoms with Gasteiger partial charge in [0.25, 0.3) is 0 Å². The number of fused-ring (bicyclic) bond motifs is 1. The van der Waals surface area contributed by atoms with Gasteiger partial charge in [0.15, 0.2) is 5.65 Å². The molecule has 116 valence electrons. The van der Waals surface area contributed by atoms with Crippen molar-refractivity contribution >= 4 is 23.1 Å². The number of amides is 2. The predicted molar refractivity (Wildman–Crippen MR) is 85.7 cm³/mol. The number of anilines is 2. The Labute approximate surface area is 132 Å². The van der Waals surface area contributed by atoms with Crippen LogP contribution in [-0.2, 0) is 0 Å². The minimum absolute atomic E-state index is 0.154. The highest BCUT2D eigenvalue weighted by molar-refractivity contribution is 5.99. The molecule has 0 atom stereocenters. The van der Waals surface area contributed by atoms with E-state index in [4.69, 9.17) is 0 Å². The maximum atomic E-state index is 12.0. The summed E-state index contributed by atoms with van der Waals surface area (Å²) in [6.45, 7) is 0. The molecule has 1 aromatic carbocycles. The van der Waals surface area contributed by atoms with Crippen molar-refractivity contribution in [2.75, 3.05) is 10.6 Å². The average molecular weight is 309 g/mol. The fourth-order valence-electron chi connectivity index (χ4n) is 2.44. The van der Waals surface area contributed by atoms with Crippen LogP contribution in [0.5, 0.6) is 5.75 Å². The van der Waals surface area contributed by atoms with Gasteiger partial charge in [0.2, 0.25) is 0 Å². The lowest BCUT2D eigenvalue weighted by atomic mass is 10.3. The number of nitrogens with one attached hydrogen (secondary N) is 2. The van der Waals surface area contributed by atoms with Crippen LogP contribution < -0.4 is 10.6 Å². The number of phenols is 1. The molecule has 7 heteroatoms. The van der Waals surface area contributed by atoms with Crippen molar-refractivity contribution in [1.82, 2.24) is 14.6 Å². The Balaban J connectivity index is 1.51. The molecular formula is C16H15N5O2. The normalized spacial score (nSPS) is 13.9. The van der Waals surface area contributed by atoms with Crippen molar-refractivity contribution < 1.29 is 9.90 Å². The van der Waals surface area contributed by atoms with Gasteiger partial charge in [-0.25, -0.2) is 4.79 Å². The zero-order chi connectivity index (χ0) is 15.8. The first-order chi connectivity index (χ1) is 11.2. The number of aromatic hydroxyl groups is 1. The maximum absolute atomic E-state index is 12.0. The first-order valence-electron chi connectivity index (χ1n) is 7.41. The number of hydrogen-bond donors (Lipinski definition) is 3. The summed E-state index contributed by atoms with van der Waals surface area (Å²) in [7, 11) is 0. The number of aromatic nitrogens is 3. The van der Waals surface area contributed by atoms with E-state index in [9.17, 15) is 9.90 Å². The Morgan fingerprint density at radius 1 is 1.04 bits per heavy atom. The number of phenolic OH excluding ortho intramolecular Hbond substituents is 1. The number of benzene rings is 1. The van der Waals surface area contributed by atoms with Crippen molar-refractivity contribution in [1.29, 1.82) is 0 Å². The Hall–Kier alpha value is -3.09. The summed E-state index contributed by atoms with van der Waals surface area (Å²) in [4.78, 5) is 12.0. The fourth-order valence-corrected chi connectivity index (χ4v) is 2.44. The lowest BCUT2D eigenvalue weighted by Crippen LogP contribution is -2.19. The number of nitrogens with zero attached hydrogens (tertiary/aromatic N) is 3. The summed E-state index contributed by atoms with van der Waals surface area (Å²) < 4.78 is 1.92. The third-order valence-electron chi connectivity index (χ3n) is 3.75. The molecule has 3 N–H and O–H groups in total. The summed E-state index contributed by atoms with van der Waals surface area (Å²) in [5.41, 5.74) is 2.04. The van der Waals surface area contributed by atoms with Gasteiger partial charge in [0.1, 0.15) is 11.6 Å². The highest BCUT2D eigenvalue weighted by atomic mass is 16.3. The van der Waals surface area contributed by atoms with E-state index in [1.165, 1.54) is 12.1 Å².